The quantitative estimate of drug-likeness (QED) is 0.672. The van der Waals surface area contributed by atoms with Gasteiger partial charge >= 0.3 is 0 Å². The number of carbonyl (C=O) groups excluding carboxylic acids is 1. The second-order valence-corrected chi connectivity index (χ2v) is 5.81. The van der Waals surface area contributed by atoms with E-state index in [2.05, 4.69) is 17.5 Å². The highest BCUT2D eigenvalue weighted by atomic mass is 16.3. The van der Waals surface area contributed by atoms with E-state index in [0.717, 1.165) is 24.8 Å². The van der Waals surface area contributed by atoms with Crippen LogP contribution in [0.15, 0.2) is 54.1 Å². The summed E-state index contributed by atoms with van der Waals surface area (Å²) >= 11 is 0. The van der Waals surface area contributed by atoms with Crippen LogP contribution in [0, 0.1) is 5.92 Å². The zero-order valence-electron chi connectivity index (χ0n) is 14.5. The molecule has 126 valence electrons. The van der Waals surface area contributed by atoms with E-state index in [4.69, 9.17) is 0 Å². The highest BCUT2D eigenvalue weighted by Gasteiger charge is 2.18. The SMILES string of the molecule is CC=CC(=CC)CCCC(C)C(=O)NC(CO)c1ccccc1. The number of amides is 1. The highest BCUT2D eigenvalue weighted by Crippen LogP contribution is 2.16. The Hall–Kier alpha value is -1.87. The summed E-state index contributed by atoms with van der Waals surface area (Å²) < 4.78 is 0. The number of aliphatic hydroxyl groups excluding tert-OH is 1. The third kappa shape index (κ3) is 6.83. The van der Waals surface area contributed by atoms with Crippen LogP contribution in [0.1, 0.15) is 51.6 Å². The summed E-state index contributed by atoms with van der Waals surface area (Å²) in [5.74, 6) is -0.0579. The summed E-state index contributed by atoms with van der Waals surface area (Å²) in [6, 6.07) is 9.25. The Morgan fingerprint density at radius 2 is 1.96 bits per heavy atom. The molecule has 1 amide bonds. The smallest absolute Gasteiger partial charge is 0.223 e. The van der Waals surface area contributed by atoms with Gasteiger partial charge in [-0.3, -0.25) is 4.79 Å². The molecular weight excluding hydrogens is 286 g/mol. The molecule has 0 saturated heterocycles. The Kier molecular flexibility index (Phi) is 9.00. The van der Waals surface area contributed by atoms with Crippen LogP contribution in [0.4, 0.5) is 0 Å². The fraction of sp³-hybridized carbons (Fsp3) is 0.450. The van der Waals surface area contributed by atoms with Crippen molar-refractivity contribution in [1.29, 1.82) is 0 Å². The molecule has 2 atom stereocenters. The zero-order chi connectivity index (χ0) is 17.1. The standard InChI is InChI=1S/C20H29NO2/c1-4-10-17(5-2)12-9-11-16(3)20(23)21-19(15-22)18-13-7-6-8-14-18/h4-8,10,13-14,16,19,22H,9,11-12,15H2,1-3H3,(H,21,23). The predicted molar refractivity (Wildman–Crippen MR) is 96.0 cm³/mol. The summed E-state index contributed by atoms with van der Waals surface area (Å²) in [7, 11) is 0. The van der Waals surface area contributed by atoms with Gasteiger partial charge in [-0.2, -0.15) is 0 Å². The molecule has 23 heavy (non-hydrogen) atoms. The number of aliphatic hydroxyl groups is 1. The summed E-state index contributed by atoms with van der Waals surface area (Å²) in [6.07, 6.45) is 9.07. The first kappa shape index (κ1) is 19.2. The van der Waals surface area contributed by atoms with Crippen molar-refractivity contribution >= 4 is 5.91 Å². The molecule has 0 aliphatic rings. The lowest BCUT2D eigenvalue weighted by Crippen LogP contribution is -2.34. The van der Waals surface area contributed by atoms with Crippen molar-refractivity contribution in [3.8, 4) is 0 Å². The third-order valence-electron chi connectivity index (χ3n) is 4.00. The molecule has 2 unspecified atom stereocenters. The Morgan fingerprint density at radius 3 is 2.52 bits per heavy atom. The Balaban J connectivity index is 2.47. The lowest BCUT2D eigenvalue weighted by Gasteiger charge is -2.19. The summed E-state index contributed by atoms with van der Waals surface area (Å²) in [5, 5.41) is 12.5. The molecule has 3 heteroatoms. The van der Waals surface area contributed by atoms with Gasteiger partial charge in [0.1, 0.15) is 0 Å². The van der Waals surface area contributed by atoms with E-state index >= 15 is 0 Å². The number of carbonyl (C=O) groups is 1. The first-order valence-electron chi connectivity index (χ1n) is 8.36. The van der Waals surface area contributed by atoms with E-state index < -0.39 is 0 Å². The molecule has 0 heterocycles. The van der Waals surface area contributed by atoms with Crippen LogP contribution in [0.2, 0.25) is 0 Å². The van der Waals surface area contributed by atoms with Gasteiger partial charge in [-0.05, 0) is 38.7 Å². The van der Waals surface area contributed by atoms with E-state index in [1.165, 1.54) is 5.57 Å². The van der Waals surface area contributed by atoms with Crippen LogP contribution >= 0.6 is 0 Å². The molecule has 0 fully saturated rings. The number of nitrogens with one attached hydrogen (secondary N) is 1. The molecule has 1 aromatic rings. The van der Waals surface area contributed by atoms with Gasteiger partial charge in [0.05, 0.1) is 12.6 Å². The maximum absolute atomic E-state index is 12.3. The first-order chi connectivity index (χ1) is 11.1. The normalized spacial score (nSPS) is 14.7. The molecule has 0 aliphatic heterocycles. The highest BCUT2D eigenvalue weighted by molar-refractivity contribution is 5.78. The maximum atomic E-state index is 12.3. The van der Waals surface area contributed by atoms with Crippen LogP contribution in [-0.4, -0.2) is 17.6 Å². The monoisotopic (exact) mass is 315 g/mol. The topological polar surface area (TPSA) is 49.3 Å². The molecule has 0 aromatic heterocycles. The Morgan fingerprint density at radius 1 is 1.26 bits per heavy atom. The summed E-state index contributed by atoms with van der Waals surface area (Å²) in [5.41, 5.74) is 2.23. The van der Waals surface area contributed by atoms with Crippen molar-refractivity contribution in [3.05, 3.63) is 59.7 Å². The Bertz CT molecular complexity index is 520. The molecular formula is C20H29NO2. The lowest BCUT2D eigenvalue weighted by molar-refractivity contribution is -0.125. The van der Waals surface area contributed by atoms with Crippen LogP contribution in [-0.2, 0) is 4.79 Å². The van der Waals surface area contributed by atoms with Gasteiger partial charge in [-0.15, -0.1) is 0 Å². The number of benzene rings is 1. The molecule has 2 N–H and O–H groups in total. The lowest BCUT2D eigenvalue weighted by atomic mass is 9.99. The van der Waals surface area contributed by atoms with Gasteiger partial charge < -0.3 is 10.4 Å². The summed E-state index contributed by atoms with van der Waals surface area (Å²) in [4.78, 5) is 12.3. The number of hydrogen-bond donors (Lipinski definition) is 2. The number of allylic oxidation sites excluding steroid dienone is 4. The molecule has 0 saturated carbocycles. The molecule has 0 aliphatic carbocycles. The second-order valence-electron chi connectivity index (χ2n) is 5.81. The predicted octanol–water partition coefficient (Wildman–Crippen LogP) is 4.17. The molecule has 0 bridgehead atoms. The van der Waals surface area contributed by atoms with E-state index in [-0.39, 0.29) is 24.5 Å². The fourth-order valence-electron chi connectivity index (χ4n) is 2.52. The van der Waals surface area contributed by atoms with E-state index in [1.54, 1.807) is 0 Å². The minimum absolute atomic E-state index is 0.000893. The van der Waals surface area contributed by atoms with Gasteiger partial charge in [0.2, 0.25) is 5.91 Å². The molecule has 1 rings (SSSR count). The van der Waals surface area contributed by atoms with E-state index in [0.29, 0.717) is 0 Å². The van der Waals surface area contributed by atoms with Crippen molar-refractivity contribution in [2.75, 3.05) is 6.61 Å². The van der Waals surface area contributed by atoms with Crippen molar-refractivity contribution in [2.45, 2.75) is 46.1 Å². The Labute approximate surface area is 140 Å². The zero-order valence-corrected chi connectivity index (χ0v) is 14.5. The van der Waals surface area contributed by atoms with Crippen LogP contribution in [0.3, 0.4) is 0 Å². The van der Waals surface area contributed by atoms with Crippen molar-refractivity contribution in [2.24, 2.45) is 5.92 Å². The van der Waals surface area contributed by atoms with Crippen molar-refractivity contribution in [1.82, 2.24) is 5.32 Å². The molecule has 0 radical (unpaired) electrons. The summed E-state index contributed by atoms with van der Waals surface area (Å²) in [6.45, 7) is 5.90. The van der Waals surface area contributed by atoms with Gasteiger partial charge in [0.15, 0.2) is 0 Å². The fourth-order valence-corrected chi connectivity index (χ4v) is 2.52. The van der Waals surface area contributed by atoms with E-state index in [1.807, 2.05) is 57.2 Å². The second kappa shape index (κ2) is 10.8. The van der Waals surface area contributed by atoms with Crippen LogP contribution < -0.4 is 5.32 Å². The first-order valence-corrected chi connectivity index (χ1v) is 8.36. The third-order valence-corrected chi connectivity index (χ3v) is 4.00. The van der Waals surface area contributed by atoms with Crippen molar-refractivity contribution in [3.63, 3.8) is 0 Å². The van der Waals surface area contributed by atoms with Crippen molar-refractivity contribution < 1.29 is 9.90 Å². The molecule has 3 nitrogen and oxygen atoms in total. The van der Waals surface area contributed by atoms with Gasteiger partial charge in [0.25, 0.3) is 0 Å². The van der Waals surface area contributed by atoms with Crippen LogP contribution in [0.25, 0.3) is 0 Å². The average Bonchev–Trinajstić information content (AvgIpc) is 2.59. The van der Waals surface area contributed by atoms with E-state index in [9.17, 15) is 9.90 Å². The molecule has 1 aromatic carbocycles. The largest absolute Gasteiger partial charge is 0.394 e. The van der Waals surface area contributed by atoms with Gasteiger partial charge in [-0.1, -0.05) is 61.1 Å². The average molecular weight is 315 g/mol. The minimum Gasteiger partial charge on any atom is -0.394 e. The minimum atomic E-state index is -0.333. The number of hydrogen-bond acceptors (Lipinski definition) is 2. The maximum Gasteiger partial charge on any atom is 0.223 e. The van der Waals surface area contributed by atoms with Crippen LogP contribution in [0.5, 0.6) is 0 Å². The number of rotatable bonds is 9. The molecule has 0 spiro atoms. The van der Waals surface area contributed by atoms with Gasteiger partial charge in [0, 0.05) is 5.92 Å². The van der Waals surface area contributed by atoms with Gasteiger partial charge in [-0.25, -0.2) is 0 Å².